The average molecular weight is 498 g/mol. The van der Waals surface area contributed by atoms with Crippen LogP contribution in [-0.2, 0) is 9.59 Å². The fourth-order valence-corrected chi connectivity index (χ4v) is 4.87. The van der Waals surface area contributed by atoms with Gasteiger partial charge in [-0.2, -0.15) is 0 Å². The van der Waals surface area contributed by atoms with Crippen molar-refractivity contribution in [1.29, 1.82) is 0 Å². The number of benzene rings is 1. The van der Waals surface area contributed by atoms with Crippen LogP contribution in [0.1, 0.15) is 58.5 Å². The summed E-state index contributed by atoms with van der Waals surface area (Å²) in [5.41, 5.74) is 0.608. The van der Waals surface area contributed by atoms with E-state index in [4.69, 9.17) is 4.42 Å². The molecule has 3 amide bonds. The molecule has 0 unspecified atom stereocenters. The lowest BCUT2D eigenvalue weighted by Gasteiger charge is -2.31. The minimum atomic E-state index is -1.17. The third-order valence-corrected chi connectivity index (χ3v) is 6.95. The third kappa shape index (κ3) is 5.79. The van der Waals surface area contributed by atoms with Gasteiger partial charge in [-0.15, -0.1) is 11.3 Å². The van der Waals surface area contributed by atoms with Crippen molar-refractivity contribution in [2.75, 3.05) is 11.4 Å². The first-order chi connectivity index (χ1) is 16.8. The van der Waals surface area contributed by atoms with Crippen LogP contribution >= 0.6 is 11.3 Å². The summed E-state index contributed by atoms with van der Waals surface area (Å²) in [6, 6.07) is 9.94. The lowest BCUT2D eigenvalue weighted by Crippen LogP contribution is -2.49. The highest BCUT2D eigenvalue weighted by molar-refractivity contribution is 7.12. The van der Waals surface area contributed by atoms with Crippen molar-refractivity contribution in [3.05, 3.63) is 75.6 Å². The molecule has 0 saturated heterocycles. The van der Waals surface area contributed by atoms with E-state index < -0.39 is 29.6 Å². The molecule has 2 heterocycles. The average Bonchev–Trinajstić information content (AvgIpc) is 3.61. The topological polar surface area (TPSA) is 91.7 Å². The molecule has 0 aliphatic heterocycles. The van der Waals surface area contributed by atoms with E-state index in [2.05, 4.69) is 10.6 Å². The first-order valence-electron chi connectivity index (χ1n) is 11.6. The van der Waals surface area contributed by atoms with Crippen LogP contribution in [0.5, 0.6) is 0 Å². The standard InChI is InChI=1S/C26H28FN3O4S/c1-16-9-11-19(14-20(16)27)30(23(31)15-28-25(32)22-8-5-13-35-22)24(21-12-10-17(2)34-21)26(33)29-18-6-3-4-7-18/h5,8-14,18,24H,3-4,6-7,15H2,1-2H3,(H,28,32)(H,29,33)/t24-/m1/s1. The second kappa shape index (κ2) is 10.9. The molecule has 3 aromatic rings. The van der Waals surface area contributed by atoms with E-state index >= 15 is 0 Å². The highest BCUT2D eigenvalue weighted by Crippen LogP contribution is 2.31. The number of anilines is 1. The summed E-state index contributed by atoms with van der Waals surface area (Å²) in [6.45, 7) is 2.99. The van der Waals surface area contributed by atoms with Gasteiger partial charge in [0.2, 0.25) is 5.91 Å². The van der Waals surface area contributed by atoms with E-state index in [1.165, 1.54) is 22.3 Å². The molecule has 1 aromatic carbocycles. The Morgan fingerprint density at radius 3 is 2.54 bits per heavy atom. The van der Waals surface area contributed by atoms with Crippen molar-refractivity contribution in [2.45, 2.75) is 51.6 Å². The van der Waals surface area contributed by atoms with Crippen LogP contribution in [0.3, 0.4) is 0 Å². The molecular weight excluding hydrogens is 469 g/mol. The molecule has 2 N–H and O–H groups in total. The van der Waals surface area contributed by atoms with E-state index in [9.17, 15) is 18.8 Å². The van der Waals surface area contributed by atoms with Gasteiger partial charge in [0.05, 0.1) is 11.4 Å². The molecule has 0 bridgehead atoms. The Morgan fingerprint density at radius 1 is 1.14 bits per heavy atom. The number of rotatable bonds is 8. The maximum atomic E-state index is 14.6. The summed E-state index contributed by atoms with van der Waals surface area (Å²) in [5, 5.41) is 7.41. The largest absolute Gasteiger partial charge is 0.464 e. The van der Waals surface area contributed by atoms with Gasteiger partial charge in [-0.25, -0.2) is 4.39 Å². The van der Waals surface area contributed by atoms with Gasteiger partial charge in [-0.1, -0.05) is 25.0 Å². The summed E-state index contributed by atoms with van der Waals surface area (Å²) >= 11 is 1.25. The normalized spacial score (nSPS) is 14.5. The fourth-order valence-electron chi connectivity index (χ4n) is 4.23. The molecule has 2 aromatic heterocycles. The van der Waals surface area contributed by atoms with E-state index in [0.717, 1.165) is 25.7 Å². The molecule has 9 heteroatoms. The predicted molar refractivity (Wildman–Crippen MR) is 132 cm³/mol. The summed E-state index contributed by atoms with van der Waals surface area (Å²) in [6.07, 6.45) is 3.77. The van der Waals surface area contributed by atoms with Crippen molar-refractivity contribution in [3.8, 4) is 0 Å². The zero-order valence-corrected chi connectivity index (χ0v) is 20.5. The minimum absolute atomic E-state index is 0.00583. The smallest absolute Gasteiger partial charge is 0.261 e. The molecule has 1 saturated carbocycles. The van der Waals surface area contributed by atoms with Crippen LogP contribution in [-0.4, -0.2) is 30.3 Å². The number of hydrogen-bond acceptors (Lipinski definition) is 5. The fraction of sp³-hybridized carbons (Fsp3) is 0.346. The van der Waals surface area contributed by atoms with Gasteiger partial charge in [-0.3, -0.25) is 19.3 Å². The molecule has 0 spiro atoms. The number of halogens is 1. The Hall–Kier alpha value is -3.46. The van der Waals surface area contributed by atoms with Crippen LogP contribution in [0.25, 0.3) is 0 Å². The van der Waals surface area contributed by atoms with Crippen LogP contribution in [0.4, 0.5) is 10.1 Å². The second-order valence-electron chi connectivity index (χ2n) is 8.70. The highest BCUT2D eigenvalue weighted by atomic mass is 32.1. The summed E-state index contributed by atoms with van der Waals surface area (Å²) < 4.78 is 20.4. The summed E-state index contributed by atoms with van der Waals surface area (Å²) in [5.74, 6) is -1.05. The Labute approximate surface area is 207 Å². The van der Waals surface area contributed by atoms with Gasteiger partial charge in [-0.05, 0) is 68.0 Å². The summed E-state index contributed by atoms with van der Waals surface area (Å²) in [4.78, 5) is 41.2. The number of carbonyl (C=O) groups is 3. The number of nitrogens with zero attached hydrogens (tertiary/aromatic N) is 1. The number of amides is 3. The SMILES string of the molecule is Cc1ccc([C@H](C(=O)NC2CCCC2)N(C(=O)CNC(=O)c2cccs2)c2ccc(C)c(F)c2)o1. The lowest BCUT2D eigenvalue weighted by atomic mass is 10.1. The van der Waals surface area contributed by atoms with Crippen molar-refractivity contribution < 1.29 is 23.2 Å². The van der Waals surface area contributed by atoms with Crippen molar-refractivity contribution in [1.82, 2.24) is 10.6 Å². The van der Waals surface area contributed by atoms with Gasteiger partial charge in [0.15, 0.2) is 6.04 Å². The molecule has 1 atom stereocenters. The minimum Gasteiger partial charge on any atom is -0.464 e. The van der Waals surface area contributed by atoms with Crippen LogP contribution in [0.2, 0.25) is 0 Å². The Bertz CT molecular complexity index is 1200. The van der Waals surface area contributed by atoms with Crippen LogP contribution in [0, 0.1) is 19.7 Å². The molecule has 184 valence electrons. The van der Waals surface area contributed by atoms with E-state index in [1.807, 2.05) is 0 Å². The third-order valence-electron chi connectivity index (χ3n) is 6.09. The van der Waals surface area contributed by atoms with Crippen molar-refractivity contribution in [3.63, 3.8) is 0 Å². The zero-order valence-electron chi connectivity index (χ0n) is 19.7. The quantitative estimate of drug-likeness (QED) is 0.474. The van der Waals surface area contributed by atoms with E-state index in [0.29, 0.717) is 16.2 Å². The number of carbonyl (C=O) groups excluding carboxylic acids is 3. The van der Waals surface area contributed by atoms with Crippen LogP contribution < -0.4 is 15.5 Å². The molecule has 7 nitrogen and oxygen atoms in total. The van der Waals surface area contributed by atoms with Gasteiger partial charge in [0.25, 0.3) is 11.8 Å². The second-order valence-corrected chi connectivity index (χ2v) is 9.65. The number of furan rings is 1. The van der Waals surface area contributed by atoms with E-state index in [1.54, 1.807) is 55.6 Å². The van der Waals surface area contributed by atoms with Gasteiger partial charge in [0, 0.05) is 11.7 Å². The number of hydrogen-bond donors (Lipinski definition) is 2. The zero-order chi connectivity index (χ0) is 24.9. The first kappa shape index (κ1) is 24.7. The molecular formula is C26H28FN3O4S. The van der Waals surface area contributed by atoms with Gasteiger partial charge < -0.3 is 15.1 Å². The highest BCUT2D eigenvalue weighted by Gasteiger charge is 2.36. The Morgan fingerprint density at radius 2 is 1.91 bits per heavy atom. The van der Waals surface area contributed by atoms with Crippen molar-refractivity contribution in [2.24, 2.45) is 0 Å². The number of thiophene rings is 1. The van der Waals surface area contributed by atoms with Crippen molar-refractivity contribution >= 4 is 34.7 Å². The molecule has 4 rings (SSSR count). The summed E-state index contributed by atoms with van der Waals surface area (Å²) in [7, 11) is 0. The van der Waals surface area contributed by atoms with E-state index in [-0.39, 0.29) is 24.0 Å². The monoisotopic (exact) mass is 497 g/mol. The first-order valence-corrected chi connectivity index (χ1v) is 12.5. The maximum Gasteiger partial charge on any atom is 0.261 e. The molecule has 35 heavy (non-hydrogen) atoms. The Kier molecular flexibility index (Phi) is 7.65. The van der Waals surface area contributed by atoms with Gasteiger partial charge in [0.1, 0.15) is 17.3 Å². The van der Waals surface area contributed by atoms with Crippen LogP contribution in [0.15, 0.2) is 52.3 Å². The molecule has 1 aliphatic rings. The molecule has 1 aliphatic carbocycles. The lowest BCUT2D eigenvalue weighted by molar-refractivity contribution is -0.127. The number of nitrogens with one attached hydrogen (secondary N) is 2. The maximum absolute atomic E-state index is 14.6. The van der Waals surface area contributed by atoms with Gasteiger partial charge >= 0.3 is 0 Å². The predicted octanol–water partition coefficient (Wildman–Crippen LogP) is 4.66. The Balaban J connectivity index is 1.68. The number of aryl methyl sites for hydroxylation is 2. The molecule has 0 radical (unpaired) electrons. The molecule has 1 fully saturated rings.